The minimum atomic E-state index is -0.839. The number of nitrogens with zero attached hydrogens (tertiary/aromatic N) is 1. The minimum Gasteiger partial charge on any atom is -0.452 e. The highest BCUT2D eigenvalue weighted by molar-refractivity contribution is 9.10. The van der Waals surface area contributed by atoms with E-state index in [1.165, 1.54) is 6.07 Å². The molecule has 1 amide bonds. The second kappa shape index (κ2) is 7.55. The normalized spacial score (nSPS) is 10.0. The molecule has 0 saturated heterocycles. The molecule has 0 aliphatic carbocycles. The summed E-state index contributed by atoms with van der Waals surface area (Å²) in [6.07, 6.45) is 0. The molecule has 0 aliphatic rings. The quantitative estimate of drug-likeness (QED) is 0.348. The van der Waals surface area contributed by atoms with E-state index in [9.17, 15) is 19.7 Å². The molecule has 2 aromatic rings. The molecule has 0 aliphatic heterocycles. The third-order valence-corrected chi connectivity index (χ3v) is 3.46. The number of halogens is 1. The predicted molar refractivity (Wildman–Crippen MR) is 90.6 cm³/mol. The summed E-state index contributed by atoms with van der Waals surface area (Å²) >= 11 is 3.27. The summed E-state index contributed by atoms with van der Waals surface area (Å²) in [5.41, 5.74) is 5.77. The SMILES string of the molecule is Nc1cc([N+](=O)[O-])ccc1C(=O)OCC(=O)Nc1ccc(Br)cc1. The van der Waals surface area contributed by atoms with E-state index < -0.39 is 23.4 Å². The lowest BCUT2D eigenvalue weighted by atomic mass is 10.1. The molecule has 0 fully saturated rings. The van der Waals surface area contributed by atoms with Crippen LogP contribution in [-0.4, -0.2) is 23.4 Å². The van der Waals surface area contributed by atoms with Gasteiger partial charge in [0, 0.05) is 22.3 Å². The summed E-state index contributed by atoms with van der Waals surface area (Å²) in [5.74, 6) is -1.36. The van der Waals surface area contributed by atoms with Crippen LogP contribution >= 0.6 is 15.9 Å². The van der Waals surface area contributed by atoms with Crippen LogP contribution in [0.3, 0.4) is 0 Å². The van der Waals surface area contributed by atoms with E-state index in [4.69, 9.17) is 10.5 Å². The summed E-state index contributed by atoms with van der Waals surface area (Å²) in [6.45, 7) is -0.509. The first-order chi connectivity index (χ1) is 11.4. The van der Waals surface area contributed by atoms with Crippen molar-refractivity contribution in [2.75, 3.05) is 17.7 Å². The Morgan fingerprint density at radius 2 is 1.88 bits per heavy atom. The second-order valence-corrected chi connectivity index (χ2v) is 5.58. The number of esters is 1. The molecule has 0 unspecified atom stereocenters. The molecule has 2 aromatic carbocycles. The van der Waals surface area contributed by atoms with Gasteiger partial charge in [0.15, 0.2) is 6.61 Å². The number of hydrogen-bond acceptors (Lipinski definition) is 6. The number of anilines is 2. The van der Waals surface area contributed by atoms with Crippen LogP contribution in [0.1, 0.15) is 10.4 Å². The Balaban J connectivity index is 1.94. The fourth-order valence-corrected chi connectivity index (χ4v) is 2.05. The van der Waals surface area contributed by atoms with Crippen molar-refractivity contribution in [2.24, 2.45) is 0 Å². The van der Waals surface area contributed by atoms with E-state index in [1.807, 2.05) is 0 Å². The van der Waals surface area contributed by atoms with Crippen molar-refractivity contribution in [3.05, 3.63) is 62.6 Å². The average Bonchev–Trinajstić information content (AvgIpc) is 2.54. The molecule has 124 valence electrons. The topological polar surface area (TPSA) is 125 Å². The van der Waals surface area contributed by atoms with Gasteiger partial charge in [-0.1, -0.05) is 15.9 Å². The van der Waals surface area contributed by atoms with Gasteiger partial charge in [-0.05, 0) is 30.3 Å². The zero-order valence-electron chi connectivity index (χ0n) is 12.2. The lowest BCUT2D eigenvalue weighted by Crippen LogP contribution is -2.21. The molecule has 0 radical (unpaired) electrons. The van der Waals surface area contributed by atoms with Crippen LogP contribution in [0, 0.1) is 10.1 Å². The van der Waals surface area contributed by atoms with Gasteiger partial charge in [0.05, 0.1) is 16.2 Å². The van der Waals surface area contributed by atoms with Gasteiger partial charge in [-0.2, -0.15) is 0 Å². The molecule has 0 aromatic heterocycles. The van der Waals surface area contributed by atoms with Gasteiger partial charge in [-0.15, -0.1) is 0 Å². The number of nitro benzene ring substituents is 1. The summed E-state index contributed by atoms with van der Waals surface area (Å²) in [6, 6.07) is 10.2. The molecule has 0 atom stereocenters. The maximum atomic E-state index is 11.9. The Kier molecular flexibility index (Phi) is 5.48. The zero-order valence-corrected chi connectivity index (χ0v) is 13.8. The molecule has 0 heterocycles. The van der Waals surface area contributed by atoms with Gasteiger partial charge >= 0.3 is 5.97 Å². The van der Waals surface area contributed by atoms with Gasteiger partial charge in [0.25, 0.3) is 11.6 Å². The van der Waals surface area contributed by atoms with E-state index in [2.05, 4.69) is 21.2 Å². The lowest BCUT2D eigenvalue weighted by molar-refractivity contribution is -0.384. The Hall–Kier alpha value is -2.94. The second-order valence-electron chi connectivity index (χ2n) is 4.66. The van der Waals surface area contributed by atoms with Gasteiger partial charge < -0.3 is 15.8 Å². The standard InChI is InChI=1S/C15H12BrN3O5/c16-9-1-3-10(4-2-9)18-14(20)8-24-15(21)12-6-5-11(19(22)23)7-13(12)17/h1-7H,8,17H2,(H,18,20). The van der Waals surface area contributed by atoms with Gasteiger partial charge in [-0.25, -0.2) is 4.79 Å². The van der Waals surface area contributed by atoms with E-state index in [0.29, 0.717) is 5.69 Å². The molecule has 8 nitrogen and oxygen atoms in total. The van der Waals surface area contributed by atoms with Crippen LogP contribution in [0.5, 0.6) is 0 Å². The highest BCUT2D eigenvalue weighted by Crippen LogP contribution is 2.20. The fourth-order valence-electron chi connectivity index (χ4n) is 1.79. The number of nitrogens with two attached hydrogens (primary N) is 1. The minimum absolute atomic E-state index is 0.0444. The molecule has 0 saturated carbocycles. The lowest BCUT2D eigenvalue weighted by Gasteiger charge is -2.08. The Labute approximate surface area is 144 Å². The summed E-state index contributed by atoms with van der Waals surface area (Å²) in [7, 11) is 0. The van der Waals surface area contributed by atoms with Crippen LogP contribution in [0.4, 0.5) is 17.1 Å². The van der Waals surface area contributed by atoms with Crippen molar-refractivity contribution in [1.82, 2.24) is 0 Å². The van der Waals surface area contributed by atoms with Crippen LogP contribution in [0.2, 0.25) is 0 Å². The highest BCUT2D eigenvalue weighted by atomic mass is 79.9. The summed E-state index contributed by atoms with van der Waals surface area (Å²) in [5, 5.41) is 13.2. The van der Waals surface area contributed by atoms with Gasteiger partial charge in [0.1, 0.15) is 0 Å². The van der Waals surface area contributed by atoms with Crippen molar-refractivity contribution >= 4 is 44.9 Å². The fraction of sp³-hybridized carbons (Fsp3) is 0.0667. The number of ether oxygens (including phenoxy) is 1. The number of benzene rings is 2. The van der Waals surface area contributed by atoms with Crippen molar-refractivity contribution in [2.45, 2.75) is 0 Å². The van der Waals surface area contributed by atoms with E-state index >= 15 is 0 Å². The van der Waals surface area contributed by atoms with E-state index in [-0.39, 0.29) is 16.9 Å². The van der Waals surface area contributed by atoms with Crippen LogP contribution < -0.4 is 11.1 Å². The first kappa shape index (κ1) is 17.4. The Bertz CT molecular complexity index is 792. The summed E-state index contributed by atoms with van der Waals surface area (Å²) in [4.78, 5) is 33.6. The first-order valence-corrected chi connectivity index (χ1v) is 7.42. The van der Waals surface area contributed by atoms with Crippen molar-refractivity contribution < 1.29 is 19.2 Å². The van der Waals surface area contributed by atoms with Crippen molar-refractivity contribution in [3.8, 4) is 0 Å². The molecular formula is C15H12BrN3O5. The number of rotatable bonds is 5. The van der Waals surface area contributed by atoms with Crippen LogP contribution in [-0.2, 0) is 9.53 Å². The largest absolute Gasteiger partial charge is 0.452 e. The predicted octanol–water partition coefficient (Wildman–Crippen LogP) is 2.74. The Morgan fingerprint density at radius 1 is 1.21 bits per heavy atom. The average molecular weight is 394 g/mol. The number of nitro groups is 1. The summed E-state index contributed by atoms with van der Waals surface area (Å²) < 4.78 is 5.72. The smallest absolute Gasteiger partial charge is 0.340 e. The van der Waals surface area contributed by atoms with Crippen molar-refractivity contribution in [3.63, 3.8) is 0 Å². The van der Waals surface area contributed by atoms with Gasteiger partial charge in [0.2, 0.25) is 0 Å². The highest BCUT2D eigenvalue weighted by Gasteiger charge is 2.16. The van der Waals surface area contributed by atoms with Crippen LogP contribution in [0.25, 0.3) is 0 Å². The monoisotopic (exact) mass is 393 g/mol. The van der Waals surface area contributed by atoms with Gasteiger partial charge in [-0.3, -0.25) is 14.9 Å². The molecule has 0 bridgehead atoms. The number of amides is 1. The number of nitrogens with one attached hydrogen (secondary N) is 1. The number of carbonyl (C=O) groups is 2. The Morgan fingerprint density at radius 3 is 2.46 bits per heavy atom. The molecule has 24 heavy (non-hydrogen) atoms. The van der Waals surface area contributed by atoms with E-state index in [0.717, 1.165) is 16.6 Å². The molecule has 3 N–H and O–H groups in total. The maximum Gasteiger partial charge on any atom is 0.340 e. The van der Waals surface area contributed by atoms with E-state index in [1.54, 1.807) is 24.3 Å². The molecule has 0 spiro atoms. The molecular weight excluding hydrogens is 382 g/mol. The third-order valence-electron chi connectivity index (χ3n) is 2.93. The number of carbonyl (C=O) groups excluding carboxylic acids is 2. The number of non-ortho nitro benzene ring substituents is 1. The third kappa shape index (κ3) is 4.53. The zero-order chi connectivity index (χ0) is 17.7. The van der Waals surface area contributed by atoms with Crippen LogP contribution in [0.15, 0.2) is 46.9 Å². The van der Waals surface area contributed by atoms with Crippen molar-refractivity contribution in [1.29, 1.82) is 0 Å². The maximum absolute atomic E-state index is 11.9. The molecule has 9 heteroatoms. The first-order valence-electron chi connectivity index (χ1n) is 6.63. The number of nitrogen functional groups attached to an aromatic ring is 1. The number of hydrogen-bond donors (Lipinski definition) is 2. The molecule has 2 rings (SSSR count).